The van der Waals surface area contributed by atoms with Gasteiger partial charge in [0.1, 0.15) is 5.58 Å². The van der Waals surface area contributed by atoms with Crippen LogP contribution in [0.4, 0.5) is 11.4 Å². The van der Waals surface area contributed by atoms with Crippen molar-refractivity contribution in [1.29, 1.82) is 0 Å². The van der Waals surface area contributed by atoms with E-state index in [2.05, 4.69) is 190 Å². The van der Waals surface area contributed by atoms with Crippen LogP contribution in [0, 0.1) is 6.92 Å². The van der Waals surface area contributed by atoms with Crippen LogP contribution < -0.4 is 16.4 Å². The first kappa shape index (κ1) is 33.8. The Morgan fingerprint density at radius 3 is 1.98 bits per heavy atom. The summed E-state index contributed by atoms with van der Waals surface area (Å²) in [5.74, 6) is 0. The van der Waals surface area contributed by atoms with Crippen molar-refractivity contribution >= 4 is 62.6 Å². The lowest BCUT2D eigenvalue weighted by Gasteiger charge is -2.43. The molecular weight excluding hydrogens is 703 g/mol. The second-order valence-corrected chi connectivity index (χ2v) is 18.4. The van der Waals surface area contributed by atoms with Gasteiger partial charge in [0.15, 0.2) is 0 Å². The number of anilines is 2. The molecule has 280 valence electrons. The van der Waals surface area contributed by atoms with E-state index >= 15 is 0 Å². The molecule has 4 heterocycles. The molecule has 0 amide bonds. The molecule has 0 atom stereocenters. The van der Waals surface area contributed by atoms with E-state index in [1.165, 1.54) is 101 Å². The molecule has 9 aromatic rings. The summed E-state index contributed by atoms with van der Waals surface area (Å²) in [5.41, 5.74) is 20.7. The Labute approximate surface area is 340 Å². The van der Waals surface area contributed by atoms with E-state index in [4.69, 9.17) is 4.42 Å². The molecule has 1 aliphatic carbocycles. The summed E-state index contributed by atoms with van der Waals surface area (Å²) in [6.45, 7) is 12.0. The smallest absolute Gasteiger partial charge is 0.244 e. The molecule has 58 heavy (non-hydrogen) atoms. The minimum absolute atomic E-state index is 0.0970. The number of nitrogens with one attached hydrogen (secondary N) is 1. The van der Waals surface area contributed by atoms with Crippen LogP contribution in [0.2, 0.25) is 0 Å². The van der Waals surface area contributed by atoms with Crippen molar-refractivity contribution in [2.24, 2.45) is 0 Å². The molecule has 7 aromatic carbocycles. The third-order valence-corrected chi connectivity index (χ3v) is 14.3. The van der Waals surface area contributed by atoms with Crippen LogP contribution in [0.15, 0.2) is 150 Å². The number of aryl methyl sites for hydroxylation is 1. The highest BCUT2D eigenvalue weighted by atomic mass is 16.3. The van der Waals surface area contributed by atoms with Crippen molar-refractivity contribution in [2.45, 2.75) is 63.7 Å². The molecule has 2 aromatic heterocycles. The molecular formula is C54H45BN2O. The maximum Gasteiger partial charge on any atom is 0.244 e. The molecule has 0 bridgehead atoms. The van der Waals surface area contributed by atoms with Gasteiger partial charge in [-0.25, -0.2) is 0 Å². The maximum atomic E-state index is 7.12. The second-order valence-electron chi connectivity index (χ2n) is 18.4. The minimum atomic E-state index is -0.534. The molecule has 12 rings (SSSR count). The van der Waals surface area contributed by atoms with E-state index in [9.17, 15) is 0 Å². The number of hydrogen-bond donors (Lipinski definition) is 1. The Balaban J connectivity index is 1.17. The third-order valence-electron chi connectivity index (χ3n) is 14.3. The zero-order valence-electron chi connectivity index (χ0n) is 33.8. The predicted molar refractivity (Wildman–Crippen MR) is 244 cm³/mol. The van der Waals surface area contributed by atoms with Gasteiger partial charge in [-0.2, -0.15) is 0 Å². The molecule has 0 unspecified atom stereocenters. The molecule has 3 aliphatic rings. The Morgan fingerprint density at radius 1 is 0.603 bits per heavy atom. The van der Waals surface area contributed by atoms with E-state index < -0.39 is 5.41 Å². The summed E-state index contributed by atoms with van der Waals surface area (Å²) in [7, 11) is 0.715. The number of aromatic nitrogens is 1. The number of nitrogens with zero attached hydrogens (tertiary/aromatic N) is 1. The van der Waals surface area contributed by atoms with Gasteiger partial charge in [-0.15, -0.1) is 0 Å². The summed E-state index contributed by atoms with van der Waals surface area (Å²) < 4.78 is 9.68. The zero-order valence-corrected chi connectivity index (χ0v) is 33.8. The number of fused-ring (bicyclic) bond motifs is 10. The topological polar surface area (TPSA) is 30.1 Å². The Bertz CT molecular complexity index is 3140. The van der Waals surface area contributed by atoms with Crippen LogP contribution in [-0.4, -0.2) is 11.8 Å². The van der Waals surface area contributed by atoms with Gasteiger partial charge in [0, 0.05) is 32.9 Å². The van der Waals surface area contributed by atoms with Gasteiger partial charge in [0.2, 0.25) is 7.28 Å². The van der Waals surface area contributed by atoms with Crippen LogP contribution in [0.3, 0.4) is 0 Å². The summed E-state index contributed by atoms with van der Waals surface area (Å²) in [5, 5.41) is 7.88. The minimum Gasteiger partial charge on any atom is -0.469 e. The Morgan fingerprint density at radius 2 is 1.24 bits per heavy atom. The highest BCUT2D eigenvalue weighted by Gasteiger charge is 2.45. The molecule has 3 nitrogen and oxygen atoms in total. The SMILES string of the molecule is Cc1cc(-c2cccc3c2Nc2ccccc2C3(c2ccccc2)c2ccccc2)c2c3c1c1ccccc1n3-c1c(oc3cc4c(cc13)C(C)(C)CCC4(C)C)B2. The van der Waals surface area contributed by atoms with E-state index in [1.807, 2.05) is 0 Å². The van der Waals surface area contributed by atoms with Gasteiger partial charge in [0.25, 0.3) is 0 Å². The van der Waals surface area contributed by atoms with Crippen LogP contribution in [0.1, 0.15) is 79.5 Å². The zero-order chi connectivity index (χ0) is 39.1. The first-order chi connectivity index (χ1) is 28.2. The number of benzene rings is 7. The van der Waals surface area contributed by atoms with Crippen LogP contribution in [0.25, 0.3) is 49.6 Å². The highest BCUT2D eigenvalue weighted by Crippen LogP contribution is 2.56. The molecule has 0 saturated heterocycles. The predicted octanol–water partition coefficient (Wildman–Crippen LogP) is 12.0. The highest BCUT2D eigenvalue weighted by molar-refractivity contribution is 6.73. The van der Waals surface area contributed by atoms with Gasteiger partial charge < -0.3 is 14.3 Å². The molecule has 0 saturated carbocycles. The average Bonchev–Trinajstić information content (AvgIpc) is 3.79. The van der Waals surface area contributed by atoms with Crippen molar-refractivity contribution in [3.05, 3.63) is 185 Å². The number of rotatable bonds is 3. The maximum absolute atomic E-state index is 7.12. The normalized spacial score (nSPS) is 16.6. The van der Waals surface area contributed by atoms with Crippen molar-refractivity contribution in [1.82, 2.24) is 4.57 Å². The van der Waals surface area contributed by atoms with Gasteiger partial charge in [-0.3, -0.25) is 0 Å². The first-order valence-corrected chi connectivity index (χ1v) is 20.9. The molecule has 0 radical (unpaired) electrons. The van der Waals surface area contributed by atoms with E-state index in [0.717, 1.165) is 22.6 Å². The fraction of sp³-hybridized carbons (Fsp3) is 0.185. The van der Waals surface area contributed by atoms with Crippen LogP contribution >= 0.6 is 0 Å². The number of furan rings is 1. The second kappa shape index (κ2) is 11.7. The standard InChI is InChI=1S/C54H45BN2O/c1-32-29-37(35-22-16-24-40-48(35)56-43-25-14-13-23-39(43)54(40,33-17-8-6-9-18-33)34-19-10-7-11-20-34)47-50-46(32)36-21-12-15-26-44(36)57(50)49-38-30-41-42(31-45(38)58-51(49)55-47)53(4,5)28-27-52(41,2)3/h6-26,29-31,55-56H,27-28H2,1-5H3. The Kier molecular flexibility index (Phi) is 6.81. The Hall–Kier alpha value is -6.26. The lowest BCUT2D eigenvalue weighted by atomic mass is 9.60. The van der Waals surface area contributed by atoms with Gasteiger partial charge in [0.05, 0.1) is 28.0 Å². The van der Waals surface area contributed by atoms with Gasteiger partial charge >= 0.3 is 0 Å². The fourth-order valence-electron chi connectivity index (χ4n) is 11.4. The largest absolute Gasteiger partial charge is 0.469 e. The molecule has 2 aliphatic heterocycles. The van der Waals surface area contributed by atoms with Crippen LogP contribution in [-0.2, 0) is 16.2 Å². The van der Waals surface area contributed by atoms with Crippen LogP contribution in [0.5, 0.6) is 0 Å². The van der Waals surface area contributed by atoms with Gasteiger partial charge in [-0.1, -0.05) is 149 Å². The lowest BCUT2D eigenvalue weighted by molar-refractivity contribution is 0.332. The fourth-order valence-corrected chi connectivity index (χ4v) is 11.4. The van der Waals surface area contributed by atoms with Crippen molar-refractivity contribution in [3.63, 3.8) is 0 Å². The monoisotopic (exact) mass is 748 g/mol. The summed E-state index contributed by atoms with van der Waals surface area (Å²) in [6.07, 6.45) is 2.35. The molecule has 0 spiro atoms. The third kappa shape index (κ3) is 4.35. The first-order valence-electron chi connectivity index (χ1n) is 20.9. The van der Waals surface area contributed by atoms with E-state index in [0.29, 0.717) is 7.28 Å². The number of para-hydroxylation sites is 3. The van der Waals surface area contributed by atoms with E-state index in [1.54, 1.807) is 0 Å². The quantitative estimate of drug-likeness (QED) is 0.182. The summed E-state index contributed by atoms with van der Waals surface area (Å²) in [4.78, 5) is 0. The van der Waals surface area contributed by atoms with Crippen molar-refractivity contribution in [2.75, 3.05) is 5.32 Å². The molecule has 1 N–H and O–H groups in total. The van der Waals surface area contributed by atoms with Crippen molar-refractivity contribution < 1.29 is 4.42 Å². The van der Waals surface area contributed by atoms with Crippen molar-refractivity contribution in [3.8, 4) is 16.8 Å². The average molecular weight is 749 g/mol. The van der Waals surface area contributed by atoms with Gasteiger partial charge in [-0.05, 0) is 105 Å². The number of hydrogen-bond acceptors (Lipinski definition) is 2. The summed E-state index contributed by atoms with van der Waals surface area (Å²) in [6, 6.07) is 54.3. The van der Waals surface area contributed by atoms with E-state index in [-0.39, 0.29) is 10.8 Å². The summed E-state index contributed by atoms with van der Waals surface area (Å²) >= 11 is 0. The molecule has 0 fully saturated rings. The lowest BCUT2D eigenvalue weighted by Crippen LogP contribution is -2.37. The molecule has 4 heteroatoms.